The van der Waals surface area contributed by atoms with Crippen molar-refractivity contribution in [1.29, 1.82) is 0 Å². The molecule has 0 bridgehead atoms. The van der Waals surface area contributed by atoms with Gasteiger partial charge >= 0.3 is 0 Å². The predicted octanol–water partition coefficient (Wildman–Crippen LogP) is 3.01. The molecule has 0 aliphatic carbocycles. The molecule has 0 atom stereocenters. The first kappa shape index (κ1) is 15.5. The molecule has 0 aliphatic heterocycles. The smallest absolute Gasteiger partial charge is 0.243 e. The Balaban J connectivity index is 2.42. The molecule has 2 aromatic carbocycles. The number of fused-ring (bicyclic) bond motifs is 1. The van der Waals surface area contributed by atoms with Crippen LogP contribution in [0.2, 0.25) is 0 Å². The highest BCUT2D eigenvalue weighted by Crippen LogP contribution is 2.26. The number of nitrogen functional groups attached to an aromatic ring is 1. The van der Waals surface area contributed by atoms with E-state index in [-0.39, 0.29) is 0 Å². The summed E-state index contributed by atoms with van der Waals surface area (Å²) >= 11 is 0. The average Bonchev–Trinajstić information content (AvgIpc) is 2.46. The molecule has 2 rings (SSSR count). The lowest BCUT2D eigenvalue weighted by Gasteiger charge is -2.18. The Morgan fingerprint density at radius 1 is 1.29 bits per heavy atom. The highest BCUT2D eigenvalue weighted by Gasteiger charge is 2.22. The van der Waals surface area contributed by atoms with E-state index in [4.69, 9.17) is 5.73 Å². The van der Waals surface area contributed by atoms with E-state index in [0.29, 0.717) is 22.5 Å². The average molecular weight is 304 g/mol. The number of benzene rings is 2. The lowest BCUT2D eigenvalue weighted by Crippen LogP contribution is -2.28. The summed E-state index contributed by atoms with van der Waals surface area (Å²) in [6.45, 7) is 4.12. The van der Waals surface area contributed by atoms with Crippen LogP contribution in [0.3, 0.4) is 0 Å². The van der Waals surface area contributed by atoms with Crippen molar-refractivity contribution in [2.45, 2.75) is 17.7 Å². The van der Waals surface area contributed by atoms with E-state index < -0.39 is 10.0 Å². The van der Waals surface area contributed by atoms with Crippen molar-refractivity contribution in [3.63, 3.8) is 0 Å². The summed E-state index contributed by atoms with van der Waals surface area (Å²) in [6, 6.07) is 10.5. The number of nitrogens with two attached hydrogens (primary N) is 1. The van der Waals surface area contributed by atoms with Crippen LogP contribution in [0.15, 0.2) is 53.9 Å². The van der Waals surface area contributed by atoms with Gasteiger partial charge in [0.05, 0.1) is 4.90 Å². The molecule has 21 heavy (non-hydrogen) atoms. The van der Waals surface area contributed by atoms with E-state index in [9.17, 15) is 8.42 Å². The van der Waals surface area contributed by atoms with Gasteiger partial charge in [-0.15, -0.1) is 6.58 Å². The van der Waals surface area contributed by atoms with Gasteiger partial charge < -0.3 is 5.73 Å². The first-order chi connectivity index (χ1) is 9.96. The van der Waals surface area contributed by atoms with Crippen LogP contribution in [-0.4, -0.2) is 26.3 Å². The molecule has 0 amide bonds. The molecule has 0 aliphatic rings. The van der Waals surface area contributed by atoms with E-state index >= 15 is 0 Å². The second kappa shape index (κ2) is 6.28. The number of sulfonamides is 1. The first-order valence-corrected chi connectivity index (χ1v) is 8.26. The normalized spacial score (nSPS) is 11.9. The zero-order valence-electron chi connectivity index (χ0n) is 12.1. The minimum Gasteiger partial charge on any atom is -0.399 e. The molecule has 4 nitrogen and oxygen atoms in total. The summed E-state index contributed by atoms with van der Waals surface area (Å²) in [5, 5.41) is 1.53. The Morgan fingerprint density at radius 3 is 2.76 bits per heavy atom. The Hall–Kier alpha value is -1.85. The molecule has 5 heteroatoms. The van der Waals surface area contributed by atoms with Crippen LogP contribution in [0.5, 0.6) is 0 Å². The summed E-state index contributed by atoms with van der Waals surface area (Å²) < 4.78 is 26.8. The summed E-state index contributed by atoms with van der Waals surface area (Å²) in [5.74, 6) is 0. The first-order valence-electron chi connectivity index (χ1n) is 6.82. The largest absolute Gasteiger partial charge is 0.399 e. The van der Waals surface area contributed by atoms with Crippen LogP contribution in [0.25, 0.3) is 10.8 Å². The van der Waals surface area contributed by atoms with Gasteiger partial charge in [-0.3, -0.25) is 0 Å². The van der Waals surface area contributed by atoms with Crippen LogP contribution < -0.4 is 5.73 Å². The van der Waals surface area contributed by atoms with E-state index in [0.717, 1.165) is 18.2 Å². The standard InChI is InChI=1S/C16H20N2O2S/c1-3-4-5-11-18(2)21(19,20)16-8-6-7-13-12-14(17)9-10-15(13)16/h3,6-10,12H,1,4-5,11,17H2,2H3. The Kier molecular flexibility index (Phi) is 4.65. The molecular weight excluding hydrogens is 284 g/mol. The van der Waals surface area contributed by atoms with Gasteiger partial charge in [0.1, 0.15) is 0 Å². The van der Waals surface area contributed by atoms with Crippen molar-refractivity contribution in [3.05, 3.63) is 49.1 Å². The number of hydrogen-bond donors (Lipinski definition) is 1. The number of rotatable bonds is 6. The molecule has 2 aromatic rings. The van der Waals surface area contributed by atoms with Crippen LogP contribution >= 0.6 is 0 Å². The number of anilines is 1. The summed E-state index contributed by atoms with van der Waals surface area (Å²) in [4.78, 5) is 0.320. The maximum Gasteiger partial charge on any atom is 0.243 e. The van der Waals surface area contributed by atoms with Gasteiger partial charge in [0.2, 0.25) is 10.0 Å². The third-order valence-corrected chi connectivity index (χ3v) is 5.35. The van der Waals surface area contributed by atoms with Crippen molar-refractivity contribution < 1.29 is 8.42 Å². The topological polar surface area (TPSA) is 63.4 Å². The maximum absolute atomic E-state index is 12.7. The van der Waals surface area contributed by atoms with Crippen molar-refractivity contribution in [2.75, 3.05) is 19.3 Å². The van der Waals surface area contributed by atoms with Gasteiger partial charge in [0.15, 0.2) is 0 Å². The minimum atomic E-state index is -3.50. The molecule has 0 radical (unpaired) electrons. The molecule has 0 fully saturated rings. The Bertz CT molecular complexity index is 754. The van der Waals surface area contributed by atoms with Gasteiger partial charge in [-0.1, -0.05) is 24.3 Å². The fourth-order valence-electron chi connectivity index (χ4n) is 2.24. The second-order valence-electron chi connectivity index (χ2n) is 4.99. The minimum absolute atomic E-state index is 0.320. The quantitative estimate of drug-likeness (QED) is 0.507. The fraction of sp³-hybridized carbons (Fsp3) is 0.250. The molecule has 112 valence electrons. The van der Waals surface area contributed by atoms with Crippen molar-refractivity contribution >= 4 is 26.5 Å². The third kappa shape index (κ3) is 3.25. The monoisotopic (exact) mass is 304 g/mol. The number of allylic oxidation sites excluding steroid dienone is 1. The SMILES string of the molecule is C=CCCCN(C)S(=O)(=O)c1cccc2cc(N)ccc12. The number of unbranched alkanes of at least 4 members (excludes halogenated alkanes) is 1. The molecule has 0 saturated carbocycles. The van der Waals surface area contributed by atoms with Crippen LogP contribution in [-0.2, 0) is 10.0 Å². The lowest BCUT2D eigenvalue weighted by atomic mass is 10.1. The molecule has 2 N–H and O–H groups in total. The van der Waals surface area contributed by atoms with E-state index in [1.807, 2.05) is 6.07 Å². The Labute approximate surface area is 125 Å². The summed E-state index contributed by atoms with van der Waals surface area (Å²) in [7, 11) is -1.89. The maximum atomic E-state index is 12.7. The fourth-order valence-corrected chi connectivity index (χ4v) is 3.66. The van der Waals surface area contributed by atoms with E-state index in [1.54, 1.807) is 43.5 Å². The van der Waals surface area contributed by atoms with Crippen molar-refractivity contribution in [1.82, 2.24) is 4.31 Å². The number of nitrogens with zero attached hydrogens (tertiary/aromatic N) is 1. The number of hydrogen-bond acceptors (Lipinski definition) is 3. The van der Waals surface area contributed by atoms with Gasteiger partial charge in [0.25, 0.3) is 0 Å². The van der Waals surface area contributed by atoms with E-state index in [2.05, 4.69) is 6.58 Å². The van der Waals surface area contributed by atoms with Crippen LogP contribution in [0.1, 0.15) is 12.8 Å². The molecule has 0 unspecified atom stereocenters. The lowest BCUT2D eigenvalue weighted by molar-refractivity contribution is 0.463. The third-order valence-electron chi connectivity index (χ3n) is 3.43. The highest BCUT2D eigenvalue weighted by molar-refractivity contribution is 7.89. The Morgan fingerprint density at radius 2 is 2.05 bits per heavy atom. The second-order valence-corrected chi connectivity index (χ2v) is 7.01. The molecule has 0 saturated heterocycles. The zero-order valence-corrected chi connectivity index (χ0v) is 12.9. The van der Waals surface area contributed by atoms with Gasteiger partial charge in [-0.05, 0) is 36.4 Å². The van der Waals surface area contributed by atoms with Crippen LogP contribution in [0.4, 0.5) is 5.69 Å². The molecular formula is C16H20N2O2S. The van der Waals surface area contributed by atoms with Crippen molar-refractivity contribution in [3.8, 4) is 0 Å². The summed E-state index contributed by atoms with van der Waals surface area (Å²) in [5.41, 5.74) is 6.38. The zero-order chi connectivity index (χ0) is 15.5. The van der Waals surface area contributed by atoms with Gasteiger partial charge in [-0.2, -0.15) is 0 Å². The van der Waals surface area contributed by atoms with Gasteiger partial charge in [-0.25, -0.2) is 12.7 Å². The molecule has 0 aromatic heterocycles. The molecule has 0 heterocycles. The summed E-state index contributed by atoms with van der Waals surface area (Å²) in [6.07, 6.45) is 3.35. The van der Waals surface area contributed by atoms with Crippen molar-refractivity contribution in [2.24, 2.45) is 0 Å². The van der Waals surface area contributed by atoms with Crippen LogP contribution in [0, 0.1) is 0 Å². The molecule has 0 spiro atoms. The highest BCUT2D eigenvalue weighted by atomic mass is 32.2. The van der Waals surface area contributed by atoms with E-state index in [1.165, 1.54) is 4.31 Å². The van der Waals surface area contributed by atoms with Gasteiger partial charge in [0, 0.05) is 24.7 Å². The predicted molar refractivity (Wildman–Crippen MR) is 87.6 cm³/mol.